The van der Waals surface area contributed by atoms with Gasteiger partial charge in [-0.2, -0.15) is 4.39 Å². The van der Waals surface area contributed by atoms with E-state index in [1.807, 2.05) is 84.0 Å². The van der Waals surface area contributed by atoms with Gasteiger partial charge in [0.1, 0.15) is 73.0 Å². The summed E-state index contributed by atoms with van der Waals surface area (Å²) in [5.41, 5.74) is 5.41. The van der Waals surface area contributed by atoms with Crippen molar-refractivity contribution in [1.29, 1.82) is 0 Å². The van der Waals surface area contributed by atoms with Crippen LogP contribution in [0.2, 0.25) is 0 Å². The molecule has 10 rings (SSSR count). The van der Waals surface area contributed by atoms with Crippen molar-refractivity contribution in [3.63, 3.8) is 0 Å². The van der Waals surface area contributed by atoms with E-state index in [0.717, 1.165) is 61.0 Å². The largest absolute Gasteiger partial charge is 1.00 e. The number of nitro benzene ring substituents is 3. The van der Waals surface area contributed by atoms with Crippen LogP contribution >= 0.6 is 0 Å². The van der Waals surface area contributed by atoms with Gasteiger partial charge in [-0.15, -0.1) is 11.2 Å². The second kappa shape index (κ2) is 47.9. The fourth-order valence-corrected chi connectivity index (χ4v) is 8.69. The number of phenols is 1. The number of hydrogen-bond acceptors (Lipinski definition) is 23. The molecule has 4 aliphatic rings. The van der Waals surface area contributed by atoms with Crippen molar-refractivity contribution in [3.05, 3.63) is 175 Å². The number of anilines is 5. The van der Waals surface area contributed by atoms with Gasteiger partial charge in [0.2, 0.25) is 11.6 Å². The molecule has 592 valence electrons. The fourth-order valence-electron chi connectivity index (χ4n) is 8.69. The first-order valence-electron chi connectivity index (χ1n) is 33.8. The van der Waals surface area contributed by atoms with Gasteiger partial charge in [0.05, 0.1) is 46.0 Å². The number of nitrogens with two attached hydrogens (primary N) is 1. The van der Waals surface area contributed by atoms with Gasteiger partial charge in [-0.1, -0.05) is 71.9 Å². The van der Waals surface area contributed by atoms with Gasteiger partial charge >= 0.3 is 126 Å². The van der Waals surface area contributed by atoms with E-state index in [9.17, 15) is 82.8 Å². The number of nitrogens with one attached hydrogen (secondary N) is 1. The summed E-state index contributed by atoms with van der Waals surface area (Å²) in [6.45, 7) is 30.5. The van der Waals surface area contributed by atoms with E-state index in [2.05, 4.69) is 5.32 Å². The summed E-state index contributed by atoms with van der Waals surface area (Å²) in [5.74, 6) is -2.12. The molecule has 110 heavy (non-hydrogen) atoms. The Morgan fingerprint density at radius 1 is 0.509 bits per heavy atom. The molecule has 4 amide bonds. The molecule has 4 fully saturated rings. The number of ether oxygens (including phenoxy) is 8. The predicted octanol–water partition coefficient (Wildman–Crippen LogP) is 5.90. The smallest absolute Gasteiger partial charge is 0.850 e. The summed E-state index contributed by atoms with van der Waals surface area (Å²) in [6.07, 6.45) is 0.966. The maximum Gasteiger partial charge on any atom is 1.00 e. The summed E-state index contributed by atoms with van der Waals surface area (Å²) in [6, 6.07) is 29.0. The Morgan fingerprint density at radius 3 is 1.26 bits per heavy atom. The van der Waals surface area contributed by atoms with Gasteiger partial charge in [0.25, 0.3) is 17.7 Å². The zero-order chi connectivity index (χ0) is 81.5. The van der Waals surface area contributed by atoms with Gasteiger partial charge in [0.15, 0.2) is 11.5 Å². The van der Waals surface area contributed by atoms with Gasteiger partial charge < -0.3 is 73.6 Å². The molecule has 0 radical (unpaired) electrons. The molecule has 30 nitrogen and oxygen atoms in total. The number of phenolic OH excluding ortho intramolecular Hbond substituents is 1. The molecule has 0 bridgehead atoms. The molecular formula is C75H97F3K2N8O22. The molecule has 4 heterocycles. The van der Waals surface area contributed by atoms with Crippen LogP contribution in [0.25, 0.3) is 0 Å². The standard InChI is InChI=1S/C18H18N2O5.C14H18N2O5.C14H20N2O3.C10H12FNO3.C6H3F2NO2.C5H8O2.2C4H9O.2K/c21-16-10-14(20-8-9-24-12-17(20)22)6-7-15(16)19-18(23)25-11-13-4-2-1-3-5-13;1-14(2,3)21-12-8-10(4-5-11(12)16(18)19)15-6-7-20-9-13(15)17;1-14(2,3)19-12-8-10(4-5-11(12)15)16-6-7-18-9-13(16)17;1-10(2,3)15-9-6-7(11)4-5-8(9)12(13)14;7-4-1-2-6(9(10)11)5(8)3-4;6-5-2-1-3-7-4-5;2*1-4(2,3)5;;/h1-7,10,21H,8-9,11-12H2,(H,19,23);4-5,8H,6-7,9H2,1-3H3;4-5,8H,6-7,9,15H2,1-3H3;4-6H,1-3H3;1-3H;1-4H2;2*1-3H3;;/q;;;;;;2*-1;2*+1. The Balaban J connectivity index is 0.000000659. The Labute approximate surface area is 723 Å². The molecule has 4 saturated heterocycles. The number of carbonyl (C=O) groups excluding carboxylic acids is 5. The van der Waals surface area contributed by atoms with Crippen LogP contribution in [0.5, 0.6) is 23.0 Å². The molecule has 0 atom stereocenters. The normalized spacial score (nSPS) is 14.2. The van der Waals surface area contributed by atoms with Gasteiger partial charge in [-0.3, -0.25) is 54.8 Å². The number of aromatic hydroxyl groups is 1. The molecule has 0 aromatic heterocycles. The van der Waals surface area contributed by atoms with E-state index in [0.29, 0.717) is 74.9 Å². The topological polar surface area (TPSA) is 403 Å². The second-order valence-corrected chi connectivity index (χ2v) is 28.6. The van der Waals surface area contributed by atoms with Crippen LogP contribution < -0.4 is 153 Å². The molecular weight excluding hydrogens is 1500 g/mol. The summed E-state index contributed by atoms with van der Waals surface area (Å²) >= 11 is 0. The van der Waals surface area contributed by atoms with E-state index >= 15 is 0 Å². The van der Waals surface area contributed by atoms with Crippen LogP contribution in [-0.2, 0) is 49.5 Å². The monoisotopic (exact) mass is 1600 g/mol. The minimum Gasteiger partial charge on any atom is -0.850 e. The van der Waals surface area contributed by atoms with E-state index in [4.69, 9.17) is 43.6 Å². The zero-order valence-corrected chi connectivity index (χ0v) is 71.6. The molecule has 4 aliphatic heterocycles. The minimum absolute atomic E-state index is 0. The Bertz CT molecular complexity index is 3950. The second-order valence-electron chi connectivity index (χ2n) is 28.6. The first-order chi connectivity index (χ1) is 50.1. The number of amides is 4. The van der Waals surface area contributed by atoms with Crippen molar-refractivity contribution in [2.45, 2.75) is 151 Å². The SMILES string of the molecule is CC(C)(C)Oc1cc(F)ccc1[N+](=O)[O-].CC(C)(C)Oc1cc(N2CCOCC2=O)ccc1N.CC(C)(C)Oc1cc(N2CCOCC2=O)ccc1[N+](=O)[O-].CC(C)(C)[O-].CC(C)(C)[O-].O=C(Nc1ccc(N2CCOCC2=O)cc1O)OCc1ccccc1.O=C1CCCOC1.O=[N+]([O-])c1ccc(F)cc1F.[K+].[K+]. The van der Waals surface area contributed by atoms with Gasteiger partial charge in [-0.05, 0) is 117 Å². The van der Waals surface area contributed by atoms with Crippen molar-refractivity contribution in [1.82, 2.24) is 0 Å². The van der Waals surface area contributed by atoms with E-state index in [1.54, 1.807) is 90.3 Å². The number of hydrogen-bond donors (Lipinski definition) is 3. The molecule has 0 aliphatic carbocycles. The Morgan fingerprint density at radius 2 is 0.882 bits per heavy atom. The Kier molecular flexibility index (Phi) is 43.9. The summed E-state index contributed by atoms with van der Waals surface area (Å²) in [4.78, 5) is 92.1. The molecule has 6 aromatic rings. The maximum absolute atomic E-state index is 12.9. The summed E-state index contributed by atoms with van der Waals surface area (Å²) < 4.78 is 79.4. The van der Waals surface area contributed by atoms with Crippen molar-refractivity contribution in [2.75, 3.05) is 98.2 Å². The van der Waals surface area contributed by atoms with Crippen molar-refractivity contribution >= 4 is 75.1 Å². The van der Waals surface area contributed by atoms with Crippen LogP contribution in [0, 0.1) is 47.8 Å². The molecule has 0 spiro atoms. The van der Waals surface area contributed by atoms with Crippen molar-refractivity contribution in [2.24, 2.45) is 0 Å². The number of rotatable bonds is 12. The maximum atomic E-state index is 12.9. The average molecular weight is 1600 g/mol. The molecule has 0 saturated carbocycles. The number of nitro groups is 3. The fraction of sp³-hybridized carbons (Fsp3) is 0.453. The number of Topliss-reactive ketones (excluding diaryl/α,β-unsaturated/α-hetero) is 1. The van der Waals surface area contributed by atoms with Gasteiger partial charge in [-0.25, -0.2) is 13.6 Å². The predicted molar refractivity (Wildman–Crippen MR) is 394 cm³/mol. The summed E-state index contributed by atoms with van der Waals surface area (Å²) in [7, 11) is 0. The van der Waals surface area contributed by atoms with Gasteiger partial charge in [0, 0.05) is 98.3 Å². The quantitative estimate of drug-likeness (QED) is 0.0422. The van der Waals surface area contributed by atoms with Crippen molar-refractivity contribution in [3.8, 4) is 23.0 Å². The van der Waals surface area contributed by atoms with Crippen molar-refractivity contribution < 1.29 is 208 Å². The number of nitrogens with zero attached hydrogens (tertiary/aromatic N) is 6. The van der Waals surface area contributed by atoms with E-state index in [-0.39, 0.29) is 193 Å². The number of morpholine rings is 3. The molecule has 4 N–H and O–H groups in total. The number of ketones is 1. The minimum atomic E-state index is -1.16. The molecule has 35 heteroatoms. The first kappa shape index (κ1) is 101. The zero-order valence-electron chi connectivity index (χ0n) is 65.4. The third-order valence-electron chi connectivity index (χ3n) is 12.9. The van der Waals surface area contributed by atoms with E-state index in [1.165, 1.54) is 29.2 Å². The van der Waals surface area contributed by atoms with Crippen LogP contribution in [0.4, 0.5) is 63.5 Å². The Hall–Kier alpha value is -7.31. The van der Waals surface area contributed by atoms with Crippen LogP contribution in [0.15, 0.2) is 121 Å². The van der Waals surface area contributed by atoms with Crippen LogP contribution in [0.3, 0.4) is 0 Å². The number of carbonyl (C=O) groups is 5. The number of benzene rings is 6. The van der Waals surface area contributed by atoms with E-state index < -0.39 is 66.4 Å². The molecule has 0 unspecified atom stereocenters. The third-order valence-corrected chi connectivity index (χ3v) is 12.9. The van der Waals surface area contributed by atoms with Crippen LogP contribution in [-0.4, -0.2) is 150 Å². The van der Waals surface area contributed by atoms with Crippen LogP contribution in [0.1, 0.15) is 122 Å². The first-order valence-corrected chi connectivity index (χ1v) is 33.8. The number of nitrogen functional groups attached to an aromatic ring is 1. The average Bonchev–Trinajstić information content (AvgIpc) is 0.826. The third kappa shape index (κ3) is 41.8. The molecule has 6 aromatic carbocycles. The summed E-state index contributed by atoms with van der Waals surface area (Å²) in [5, 5.41) is 64.5. The number of halogens is 3.